The van der Waals surface area contributed by atoms with Crippen LogP contribution in [0.5, 0.6) is 0 Å². The van der Waals surface area contributed by atoms with Crippen LogP contribution in [-0.4, -0.2) is 20.7 Å². The third-order valence-corrected chi connectivity index (χ3v) is 3.27. The molecule has 2 rings (SSSR count). The predicted molar refractivity (Wildman–Crippen MR) is 85.8 cm³/mol. The van der Waals surface area contributed by atoms with Crippen molar-refractivity contribution in [2.75, 3.05) is 5.32 Å². The molecule has 0 aliphatic carbocycles. The molecule has 0 bridgehead atoms. The van der Waals surface area contributed by atoms with Gasteiger partial charge in [0.1, 0.15) is 5.69 Å². The van der Waals surface area contributed by atoms with Crippen molar-refractivity contribution < 1.29 is 19.6 Å². The van der Waals surface area contributed by atoms with Crippen LogP contribution < -0.4 is 5.32 Å². The Kier molecular flexibility index (Phi) is 4.89. The van der Waals surface area contributed by atoms with E-state index < -0.39 is 37.7 Å². The number of amides is 1. The molecule has 11 nitrogen and oxygen atoms in total. The maximum atomic E-state index is 12.2. The van der Waals surface area contributed by atoms with E-state index in [-0.39, 0.29) is 16.3 Å². The summed E-state index contributed by atoms with van der Waals surface area (Å²) >= 11 is 5.66. The average molecular weight is 367 g/mol. The van der Waals surface area contributed by atoms with E-state index in [9.17, 15) is 35.1 Å². The van der Waals surface area contributed by atoms with Crippen molar-refractivity contribution in [3.63, 3.8) is 0 Å². The van der Waals surface area contributed by atoms with Crippen LogP contribution in [0.25, 0.3) is 0 Å². The fourth-order valence-corrected chi connectivity index (χ4v) is 2.09. The number of hydrogen-bond donors (Lipinski definition) is 1. The van der Waals surface area contributed by atoms with Crippen molar-refractivity contribution in [2.45, 2.75) is 0 Å². The molecule has 0 aliphatic rings. The minimum atomic E-state index is -1.00. The number of nitro benzene ring substituents is 3. The first-order valence-corrected chi connectivity index (χ1v) is 6.76. The van der Waals surface area contributed by atoms with Crippen molar-refractivity contribution in [2.24, 2.45) is 0 Å². The lowest BCUT2D eigenvalue weighted by Gasteiger charge is -2.06. The van der Waals surface area contributed by atoms with Gasteiger partial charge in [-0.3, -0.25) is 35.1 Å². The van der Waals surface area contributed by atoms with E-state index in [1.54, 1.807) is 0 Å². The monoisotopic (exact) mass is 366 g/mol. The lowest BCUT2D eigenvalue weighted by molar-refractivity contribution is -0.422. The summed E-state index contributed by atoms with van der Waals surface area (Å²) in [5, 5.41) is 35.0. The number of anilines is 1. The number of carbonyl (C=O) groups excluding carboxylic acids is 1. The normalized spacial score (nSPS) is 10.1. The van der Waals surface area contributed by atoms with E-state index in [1.807, 2.05) is 0 Å². The SMILES string of the molecule is O=C(Nc1ccc(Cl)cc1[N+](=O)[O-])c1ccc([N+](=O)[O-])c([N+](=O)[O-])c1. The molecule has 1 amide bonds. The van der Waals surface area contributed by atoms with Gasteiger partial charge in [-0.2, -0.15) is 0 Å². The Morgan fingerprint density at radius 3 is 2.00 bits per heavy atom. The Morgan fingerprint density at radius 2 is 1.44 bits per heavy atom. The van der Waals surface area contributed by atoms with Crippen LogP contribution in [0.4, 0.5) is 22.7 Å². The average Bonchev–Trinajstić information content (AvgIpc) is 2.55. The summed E-state index contributed by atoms with van der Waals surface area (Å²) in [5.41, 5.74) is -2.58. The zero-order chi connectivity index (χ0) is 18.7. The number of hydrogen-bond acceptors (Lipinski definition) is 7. The van der Waals surface area contributed by atoms with Gasteiger partial charge >= 0.3 is 11.4 Å². The van der Waals surface area contributed by atoms with Gasteiger partial charge in [0, 0.05) is 28.8 Å². The molecule has 0 unspecified atom stereocenters. The third kappa shape index (κ3) is 3.84. The fraction of sp³-hybridized carbons (Fsp3) is 0. The minimum Gasteiger partial charge on any atom is -0.316 e. The van der Waals surface area contributed by atoms with E-state index in [1.165, 1.54) is 12.1 Å². The van der Waals surface area contributed by atoms with Gasteiger partial charge in [0.15, 0.2) is 0 Å². The summed E-state index contributed by atoms with van der Waals surface area (Å²) in [6, 6.07) is 6.05. The predicted octanol–water partition coefficient (Wildman–Crippen LogP) is 3.32. The van der Waals surface area contributed by atoms with Crippen molar-refractivity contribution in [3.8, 4) is 0 Å². The molecular formula is C13H7ClN4O7. The Labute approximate surface area is 143 Å². The van der Waals surface area contributed by atoms with Crippen LogP contribution in [0.2, 0.25) is 5.02 Å². The second kappa shape index (κ2) is 6.88. The molecule has 0 aromatic heterocycles. The smallest absolute Gasteiger partial charge is 0.316 e. The summed E-state index contributed by atoms with van der Waals surface area (Å²) in [6.07, 6.45) is 0. The van der Waals surface area contributed by atoms with E-state index >= 15 is 0 Å². The molecule has 2 aromatic carbocycles. The molecule has 12 heteroatoms. The highest BCUT2D eigenvalue weighted by atomic mass is 35.5. The van der Waals surface area contributed by atoms with Crippen LogP contribution in [0.1, 0.15) is 10.4 Å². The maximum absolute atomic E-state index is 12.2. The molecule has 0 saturated carbocycles. The second-order valence-electron chi connectivity index (χ2n) is 4.59. The highest BCUT2D eigenvalue weighted by Crippen LogP contribution is 2.30. The zero-order valence-corrected chi connectivity index (χ0v) is 12.8. The molecule has 25 heavy (non-hydrogen) atoms. The van der Waals surface area contributed by atoms with E-state index in [2.05, 4.69) is 5.32 Å². The van der Waals surface area contributed by atoms with Crippen LogP contribution in [0.15, 0.2) is 36.4 Å². The fourth-order valence-electron chi connectivity index (χ4n) is 1.92. The molecule has 0 aliphatic heterocycles. The standard InChI is InChI=1S/C13H7ClN4O7/c14-8-2-3-9(11(6-8)17(22)23)15-13(19)7-1-4-10(16(20)21)12(5-7)18(24)25/h1-6H,(H,15,19). The Morgan fingerprint density at radius 1 is 0.840 bits per heavy atom. The van der Waals surface area contributed by atoms with E-state index in [0.717, 1.165) is 24.3 Å². The van der Waals surface area contributed by atoms with Crippen molar-refractivity contribution in [1.82, 2.24) is 0 Å². The van der Waals surface area contributed by atoms with Crippen molar-refractivity contribution in [3.05, 3.63) is 77.3 Å². The lowest BCUT2D eigenvalue weighted by Crippen LogP contribution is -2.13. The quantitative estimate of drug-likeness (QED) is 0.627. The second-order valence-corrected chi connectivity index (χ2v) is 5.03. The van der Waals surface area contributed by atoms with Crippen LogP contribution in [0.3, 0.4) is 0 Å². The van der Waals surface area contributed by atoms with Gasteiger partial charge in [-0.15, -0.1) is 0 Å². The van der Waals surface area contributed by atoms with Gasteiger partial charge in [0.2, 0.25) is 0 Å². The molecule has 2 aromatic rings. The van der Waals surface area contributed by atoms with Gasteiger partial charge in [-0.05, 0) is 18.2 Å². The van der Waals surface area contributed by atoms with Crippen molar-refractivity contribution in [1.29, 1.82) is 0 Å². The largest absolute Gasteiger partial charge is 0.346 e. The van der Waals surface area contributed by atoms with Crippen LogP contribution >= 0.6 is 11.6 Å². The number of rotatable bonds is 5. The molecule has 0 spiro atoms. The van der Waals surface area contributed by atoms with Gasteiger partial charge < -0.3 is 5.32 Å². The summed E-state index contributed by atoms with van der Waals surface area (Å²) < 4.78 is 0. The molecule has 0 heterocycles. The minimum absolute atomic E-state index is 0.0793. The first-order chi connectivity index (χ1) is 11.7. The zero-order valence-electron chi connectivity index (χ0n) is 12.0. The molecule has 0 radical (unpaired) electrons. The first kappa shape index (κ1) is 17.7. The molecule has 0 atom stereocenters. The molecular weight excluding hydrogens is 360 g/mol. The number of carbonyl (C=O) groups is 1. The van der Waals surface area contributed by atoms with Gasteiger partial charge in [0.25, 0.3) is 11.6 Å². The Balaban J connectivity index is 2.40. The number of nitrogens with zero attached hydrogens (tertiary/aromatic N) is 3. The van der Waals surface area contributed by atoms with Gasteiger partial charge in [-0.1, -0.05) is 11.6 Å². The van der Waals surface area contributed by atoms with Crippen molar-refractivity contribution >= 4 is 40.3 Å². The highest BCUT2D eigenvalue weighted by molar-refractivity contribution is 6.31. The lowest BCUT2D eigenvalue weighted by atomic mass is 10.1. The molecule has 0 fully saturated rings. The number of nitrogens with one attached hydrogen (secondary N) is 1. The third-order valence-electron chi connectivity index (χ3n) is 3.04. The summed E-state index contributed by atoms with van der Waals surface area (Å²) in [6.45, 7) is 0. The maximum Gasteiger partial charge on any atom is 0.346 e. The van der Waals surface area contributed by atoms with Gasteiger partial charge in [0.05, 0.1) is 14.8 Å². The summed E-state index contributed by atoms with van der Waals surface area (Å²) in [5.74, 6) is -0.913. The molecule has 0 saturated heterocycles. The van der Waals surface area contributed by atoms with E-state index in [4.69, 9.17) is 11.6 Å². The van der Waals surface area contributed by atoms with Crippen LogP contribution in [-0.2, 0) is 0 Å². The number of benzene rings is 2. The highest BCUT2D eigenvalue weighted by Gasteiger charge is 2.26. The summed E-state index contributed by atoms with van der Waals surface area (Å²) in [7, 11) is 0. The Bertz CT molecular complexity index is 915. The van der Waals surface area contributed by atoms with E-state index in [0.29, 0.717) is 0 Å². The first-order valence-electron chi connectivity index (χ1n) is 6.39. The topological polar surface area (TPSA) is 159 Å². The molecule has 128 valence electrons. The number of halogens is 1. The number of nitro groups is 3. The summed E-state index contributed by atoms with van der Waals surface area (Å²) in [4.78, 5) is 42.1. The Hall–Kier alpha value is -3.60. The van der Waals surface area contributed by atoms with Gasteiger partial charge in [-0.25, -0.2) is 0 Å². The van der Waals surface area contributed by atoms with Crippen LogP contribution in [0, 0.1) is 30.3 Å². The molecule has 1 N–H and O–H groups in total.